The van der Waals surface area contributed by atoms with E-state index in [0.717, 1.165) is 76.6 Å². The molecule has 0 saturated heterocycles. The number of allylic oxidation sites excluding steroid dienone is 4. The first-order valence-electron chi connectivity index (χ1n) is 18.7. The normalized spacial score (nSPS) is 14.2. The Morgan fingerprint density at radius 3 is 1.93 bits per heavy atom. The van der Waals surface area contributed by atoms with E-state index in [0.29, 0.717) is 23.3 Å². The highest BCUT2D eigenvalue weighted by molar-refractivity contribution is 7.26. The second-order valence-electron chi connectivity index (χ2n) is 14.0. The minimum atomic E-state index is 0.0255. The Bertz CT molecular complexity index is 3110. The lowest BCUT2D eigenvalue weighted by atomic mass is 9.89. The molecule has 0 aliphatic heterocycles. The summed E-state index contributed by atoms with van der Waals surface area (Å²) in [6.45, 7) is 0. The number of thiophene rings is 1. The third-order valence-corrected chi connectivity index (χ3v) is 11.6. The van der Waals surface area contributed by atoms with E-state index < -0.39 is 0 Å². The fourth-order valence-electron chi connectivity index (χ4n) is 7.77. The van der Waals surface area contributed by atoms with Gasteiger partial charge in [-0.15, -0.1) is 11.3 Å². The molecule has 10 aromatic rings. The highest BCUT2D eigenvalue weighted by Gasteiger charge is 2.24. The highest BCUT2D eigenvalue weighted by Crippen LogP contribution is 2.43. The van der Waals surface area contributed by atoms with Gasteiger partial charge in [-0.25, -0.2) is 24.9 Å². The van der Waals surface area contributed by atoms with E-state index in [1.165, 1.54) is 11.1 Å². The zero-order valence-electron chi connectivity index (χ0n) is 30.0. The van der Waals surface area contributed by atoms with Crippen LogP contribution in [0.2, 0.25) is 0 Å². The van der Waals surface area contributed by atoms with Crippen molar-refractivity contribution in [2.75, 3.05) is 0 Å². The predicted octanol–water partition coefficient (Wildman–Crippen LogP) is 12.7. The summed E-state index contributed by atoms with van der Waals surface area (Å²) < 4.78 is 8.81. The van der Waals surface area contributed by atoms with E-state index in [1.807, 2.05) is 84.9 Å². The van der Waals surface area contributed by atoms with Crippen LogP contribution in [0.5, 0.6) is 0 Å². The van der Waals surface area contributed by atoms with E-state index >= 15 is 0 Å². The average molecular weight is 738 g/mol. The van der Waals surface area contributed by atoms with Crippen LogP contribution in [0.25, 0.3) is 93.4 Å². The maximum absolute atomic E-state index is 6.51. The first kappa shape index (κ1) is 32.3. The molecular weight excluding hydrogens is 707 g/mol. The van der Waals surface area contributed by atoms with E-state index in [4.69, 9.17) is 29.3 Å². The molecule has 0 radical (unpaired) electrons. The summed E-state index contributed by atoms with van der Waals surface area (Å²) in [5.41, 5.74) is 9.46. The first-order valence-corrected chi connectivity index (χ1v) is 19.5. The summed E-state index contributed by atoms with van der Waals surface area (Å²) in [4.78, 5) is 25.6. The number of hydrogen-bond acceptors (Lipinski definition) is 7. The summed E-state index contributed by atoms with van der Waals surface area (Å²) in [6.07, 6.45) is 7.59. The molecule has 0 amide bonds. The summed E-state index contributed by atoms with van der Waals surface area (Å²) in [5, 5.41) is 3.24. The highest BCUT2D eigenvalue weighted by atomic mass is 32.1. The summed E-state index contributed by atoms with van der Waals surface area (Å²) >= 11 is 1.75. The molecule has 0 bridgehead atoms. The third-order valence-electron chi connectivity index (χ3n) is 10.5. The topological polar surface area (TPSA) is 77.6 Å². The number of furan rings is 1. The fourth-order valence-corrected chi connectivity index (χ4v) is 8.94. The van der Waals surface area contributed by atoms with Gasteiger partial charge in [0.1, 0.15) is 11.1 Å². The number of hydrogen-bond donors (Lipinski definition) is 0. The van der Waals surface area contributed by atoms with Gasteiger partial charge in [0.15, 0.2) is 28.9 Å². The van der Waals surface area contributed by atoms with Gasteiger partial charge in [-0.05, 0) is 41.8 Å². The number of rotatable bonds is 6. The number of aromatic nitrogens is 5. The smallest absolute Gasteiger partial charge is 0.176 e. The van der Waals surface area contributed by atoms with Crippen LogP contribution in [0.3, 0.4) is 0 Å². The largest absolute Gasteiger partial charge is 0.452 e. The van der Waals surface area contributed by atoms with Gasteiger partial charge in [0.05, 0.1) is 5.69 Å². The zero-order chi connectivity index (χ0) is 37.0. The van der Waals surface area contributed by atoms with Crippen molar-refractivity contribution in [2.24, 2.45) is 0 Å². The quantitative estimate of drug-likeness (QED) is 0.169. The van der Waals surface area contributed by atoms with Crippen molar-refractivity contribution in [2.45, 2.75) is 12.3 Å². The van der Waals surface area contributed by atoms with E-state index in [-0.39, 0.29) is 5.92 Å². The van der Waals surface area contributed by atoms with Crippen LogP contribution in [0.15, 0.2) is 174 Å². The molecule has 6 nitrogen and oxygen atoms in total. The predicted molar refractivity (Wildman–Crippen MR) is 228 cm³/mol. The van der Waals surface area contributed by atoms with Gasteiger partial charge in [0, 0.05) is 53.7 Å². The number of nitrogens with zero attached hydrogens (tertiary/aromatic N) is 5. The van der Waals surface area contributed by atoms with Crippen molar-refractivity contribution in [3.8, 4) is 45.6 Å². The minimum absolute atomic E-state index is 0.0255. The van der Waals surface area contributed by atoms with Gasteiger partial charge in [-0.2, -0.15) is 0 Å². The second-order valence-corrected chi connectivity index (χ2v) is 15.1. The van der Waals surface area contributed by atoms with Crippen molar-refractivity contribution in [3.63, 3.8) is 0 Å². The molecular formula is C49H31N5OS. The van der Waals surface area contributed by atoms with Crippen LogP contribution in [-0.2, 0) is 0 Å². The molecule has 4 heterocycles. The molecule has 1 atom stereocenters. The number of benzene rings is 6. The van der Waals surface area contributed by atoms with E-state index in [1.54, 1.807) is 11.3 Å². The van der Waals surface area contributed by atoms with Crippen molar-refractivity contribution in [1.82, 2.24) is 24.9 Å². The lowest BCUT2D eigenvalue weighted by Crippen LogP contribution is -2.05. The molecule has 56 heavy (non-hydrogen) atoms. The Morgan fingerprint density at radius 1 is 0.518 bits per heavy atom. The van der Waals surface area contributed by atoms with E-state index in [2.05, 4.69) is 85.0 Å². The number of para-hydroxylation sites is 1. The summed E-state index contributed by atoms with van der Waals surface area (Å²) in [6, 6.07) is 51.8. The van der Waals surface area contributed by atoms with Crippen molar-refractivity contribution >= 4 is 59.2 Å². The van der Waals surface area contributed by atoms with Crippen LogP contribution >= 0.6 is 11.3 Å². The Morgan fingerprint density at radius 2 is 1.18 bits per heavy atom. The molecule has 11 rings (SSSR count). The SMILES string of the molecule is C1=CC(c2ccccc2)=CC(c2nc(-c3ccc4c(c3)sc3cccc(-c5nc(-c6ccccc6)nc(-c6ccccc6)n5)c34)nc3c2oc2ccccc23)C1. The number of fused-ring (bicyclic) bond motifs is 6. The van der Waals surface area contributed by atoms with Crippen molar-refractivity contribution in [3.05, 3.63) is 181 Å². The van der Waals surface area contributed by atoms with Gasteiger partial charge in [-0.1, -0.05) is 146 Å². The Labute approximate surface area is 326 Å². The van der Waals surface area contributed by atoms with Crippen LogP contribution in [0.4, 0.5) is 0 Å². The van der Waals surface area contributed by atoms with Crippen LogP contribution in [-0.4, -0.2) is 24.9 Å². The first-order chi connectivity index (χ1) is 27.7. The lowest BCUT2D eigenvalue weighted by molar-refractivity contribution is 0.650. The zero-order valence-corrected chi connectivity index (χ0v) is 30.8. The molecule has 7 heteroatoms. The summed E-state index contributed by atoms with van der Waals surface area (Å²) in [7, 11) is 0. The van der Waals surface area contributed by atoms with Gasteiger partial charge in [-0.3, -0.25) is 0 Å². The van der Waals surface area contributed by atoms with Gasteiger partial charge in [0.25, 0.3) is 0 Å². The maximum atomic E-state index is 6.51. The van der Waals surface area contributed by atoms with Crippen LogP contribution in [0, 0.1) is 0 Å². The maximum Gasteiger partial charge on any atom is 0.176 e. The Hall–Kier alpha value is -7.09. The van der Waals surface area contributed by atoms with E-state index in [9.17, 15) is 0 Å². The van der Waals surface area contributed by atoms with Gasteiger partial charge >= 0.3 is 0 Å². The monoisotopic (exact) mass is 737 g/mol. The molecule has 1 aliphatic rings. The minimum Gasteiger partial charge on any atom is -0.452 e. The van der Waals surface area contributed by atoms with Crippen molar-refractivity contribution < 1.29 is 4.42 Å². The molecule has 264 valence electrons. The van der Waals surface area contributed by atoms with Crippen molar-refractivity contribution in [1.29, 1.82) is 0 Å². The molecule has 1 aliphatic carbocycles. The average Bonchev–Trinajstić information content (AvgIpc) is 3.85. The second kappa shape index (κ2) is 13.3. The molecule has 0 spiro atoms. The molecule has 0 saturated carbocycles. The Balaban J connectivity index is 1.07. The van der Waals surface area contributed by atoms with Gasteiger partial charge < -0.3 is 4.42 Å². The molecule has 1 unspecified atom stereocenters. The summed E-state index contributed by atoms with van der Waals surface area (Å²) in [5.74, 6) is 2.63. The standard InChI is InChI=1S/C49H31N5OS/c1-4-14-30(15-5-1)33-20-12-21-34(28-33)43-45-44(36-22-10-11-24-39(36)55-45)51-48(50-43)35-26-27-37-41(29-35)56-40-25-13-23-38(42(37)40)49-53-46(31-16-6-2-7-17-31)52-47(54-49)32-18-8-3-9-19-32/h1-20,22-29,34H,21H2. The fraction of sp³-hybridized carbons (Fsp3) is 0.0408. The molecule has 0 fully saturated rings. The van der Waals surface area contributed by atoms with Crippen LogP contribution < -0.4 is 0 Å². The molecule has 0 N–H and O–H groups in total. The molecule has 6 aromatic carbocycles. The Kier molecular flexibility index (Phi) is 7.70. The lowest BCUT2D eigenvalue weighted by Gasteiger charge is -2.17. The molecule has 4 aromatic heterocycles. The van der Waals surface area contributed by atoms with Crippen LogP contribution in [0.1, 0.15) is 23.6 Å². The van der Waals surface area contributed by atoms with Gasteiger partial charge in [0.2, 0.25) is 0 Å². The third kappa shape index (κ3) is 5.60.